The Bertz CT molecular complexity index is 680. The van der Waals surface area contributed by atoms with Gasteiger partial charge in [0.05, 0.1) is 11.0 Å². The van der Waals surface area contributed by atoms with Gasteiger partial charge in [-0.2, -0.15) is 4.31 Å². The zero-order valence-electron chi connectivity index (χ0n) is 15.6. The summed E-state index contributed by atoms with van der Waals surface area (Å²) in [6.07, 6.45) is 3.85. The molecule has 3 rings (SSSR count). The largest absolute Gasteiger partial charge is 0.377 e. The van der Waals surface area contributed by atoms with Crippen LogP contribution in [0, 0.1) is 20.8 Å². The monoisotopic (exact) mass is 366 g/mol. The van der Waals surface area contributed by atoms with Gasteiger partial charge in [0.25, 0.3) is 0 Å². The van der Waals surface area contributed by atoms with Gasteiger partial charge in [-0.3, -0.25) is 4.90 Å². The van der Waals surface area contributed by atoms with E-state index in [-0.39, 0.29) is 0 Å². The van der Waals surface area contributed by atoms with Crippen LogP contribution in [-0.4, -0.2) is 63.1 Å². The van der Waals surface area contributed by atoms with E-state index in [9.17, 15) is 8.42 Å². The van der Waals surface area contributed by atoms with Gasteiger partial charge in [-0.1, -0.05) is 17.7 Å². The average Bonchev–Trinajstić information content (AvgIpc) is 2.55. The van der Waals surface area contributed by atoms with Gasteiger partial charge in [0.15, 0.2) is 0 Å². The lowest BCUT2D eigenvalue weighted by molar-refractivity contribution is -0.0103. The van der Waals surface area contributed by atoms with Crippen LogP contribution in [0.5, 0.6) is 0 Å². The van der Waals surface area contributed by atoms with Crippen molar-refractivity contribution < 1.29 is 13.2 Å². The highest BCUT2D eigenvalue weighted by molar-refractivity contribution is 7.89. The summed E-state index contributed by atoms with van der Waals surface area (Å²) in [7, 11) is -3.42. The zero-order valence-corrected chi connectivity index (χ0v) is 16.4. The van der Waals surface area contributed by atoms with E-state index in [4.69, 9.17) is 4.74 Å². The third-order valence-corrected chi connectivity index (χ3v) is 7.47. The van der Waals surface area contributed by atoms with Crippen LogP contribution < -0.4 is 0 Å². The van der Waals surface area contributed by atoms with Crippen LogP contribution in [-0.2, 0) is 14.8 Å². The van der Waals surface area contributed by atoms with E-state index in [1.165, 1.54) is 6.42 Å². The predicted molar refractivity (Wildman–Crippen MR) is 99.4 cm³/mol. The Morgan fingerprint density at radius 3 is 2.24 bits per heavy atom. The Morgan fingerprint density at radius 2 is 1.68 bits per heavy atom. The number of benzene rings is 1. The second-order valence-corrected chi connectivity index (χ2v) is 9.30. The molecule has 0 aliphatic carbocycles. The maximum Gasteiger partial charge on any atom is 0.243 e. The van der Waals surface area contributed by atoms with Crippen molar-refractivity contribution in [2.75, 3.05) is 39.3 Å². The van der Waals surface area contributed by atoms with Crippen molar-refractivity contribution in [1.82, 2.24) is 9.21 Å². The molecule has 1 aromatic carbocycles. The lowest BCUT2D eigenvalue weighted by atomic mass is 10.1. The van der Waals surface area contributed by atoms with E-state index in [1.807, 2.05) is 32.9 Å². The van der Waals surface area contributed by atoms with Gasteiger partial charge in [-0.05, 0) is 51.2 Å². The maximum atomic E-state index is 13.1. The average molecular weight is 367 g/mol. The van der Waals surface area contributed by atoms with Crippen LogP contribution in [0.2, 0.25) is 0 Å². The van der Waals surface area contributed by atoms with E-state index in [1.54, 1.807) is 4.31 Å². The van der Waals surface area contributed by atoms with Crippen LogP contribution >= 0.6 is 0 Å². The zero-order chi connectivity index (χ0) is 18.0. The lowest BCUT2D eigenvalue weighted by Crippen LogP contribution is -2.51. The summed E-state index contributed by atoms with van der Waals surface area (Å²) in [5.41, 5.74) is 2.79. The fraction of sp³-hybridized carbons (Fsp3) is 0.684. The Kier molecular flexibility index (Phi) is 5.83. The van der Waals surface area contributed by atoms with Gasteiger partial charge >= 0.3 is 0 Å². The summed E-state index contributed by atoms with van der Waals surface area (Å²) in [6, 6.07) is 3.91. The summed E-state index contributed by atoms with van der Waals surface area (Å²) >= 11 is 0. The summed E-state index contributed by atoms with van der Waals surface area (Å²) in [5, 5.41) is 0. The Labute approximate surface area is 152 Å². The molecular formula is C19H30N2O3S. The Balaban J connectivity index is 1.65. The van der Waals surface area contributed by atoms with Crippen LogP contribution in [0.4, 0.5) is 0 Å². The minimum atomic E-state index is -3.42. The van der Waals surface area contributed by atoms with Crippen molar-refractivity contribution in [2.45, 2.75) is 51.0 Å². The van der Waals surface area contributed by atoms with Crippen molar-refractivity contribution >= 4 is 10.0 Å². The van der Waals surface area contributed by atoms with E-state index in [0.717, 1.165) is 55.8 Å². The molecule has 5 nitrogen and oxygen atoms in total. The highest BCUT2D eigenvalue weighted by atomic mass is 32.2. The summed E-state index contributed by atoms with van der Waals surface area (Å²) < 4.78 is 33.7. The molecule has 2 heterocycles. The van der Waals surface area contributed by atoms with Gasteiger partial charge in [-0.15, -0.1) is 0 Å². The van der Waals surface area contributed by atoms with E-state index < -0.39 is 10.0 Å². The number of piperazine rings is 1. The van der Waals surface area contributed by atoms with Crippen LogP contribution in [0.15, 0.2) is 17.0 Å². The fourth-order valence-corrected chi connectivity index (χ4v) is 5.93. The molecular weight excluding hydrogens is 336 g/mol. The molecule has 2 aliphatic heterocycles. The number of ether oxygens (including phenoxy) is 1. The molecule has 0 N–H and O–H groups in total. The van der Waals surface area contributed by atoms with Crippen molar-refractivity contribution in [3.05, 3.63) is 28.8 Å². The van der Waals surface area contributed by atoms with Crippen molar-refractivity contribution in [2.24, 2.45) is 0 Å². The molecule has 1 aromatic rings. The molecule has 25 heavy (non-hydrogen) atoms. The smallest absolute Gasteiger partial charge is 0.243 e. The van der Waals surface area contributed by atoms with Crippen LogP contribution in [0.1, 0.15) is 36.0 Å². The molecule has 0 radical (unpaired) electrons. The number of rotatable bonds is 4. The second-order valence-electron chi connectivity index (χ2n) is 7.42. The minimum absolute atomic E-state index is 0.318. The van der Waals surface area contributed by atoms with E-state index in [0.29, 0.717) is 24.1 Å². The molecule has 0 spiro atoms. The highest BCUT2D eigenvalue weighted by Crippen LogP contribution is 2.26. The van der Waals surface area contributed by atoms with Crippen molar-refractivity contribution in [1.29, 1.82) is 0 Å². The second kappa shape index (κ2) is 7.74. The minimum Gasteiger partial charge on any atom is -0.377 e. The molecule has 0 saturated carbocycles. The SMILES string of the molecule is Cc1cc(C)c(S(=O)(=O)N2CCN(C[C@H]3CCCCO3)CC2)c(C)c1. The fourth-order valence-electron chi connectivity index (χ4n) is 4.09. The Morgan fingerprint density at radius 1 is 1.04 bits per heavy atom. The third kappa shape index (κ3) is 4.25. The number of sulfonamides is 1. The first kappa shape index (κ1) is 18.8. The molecule has 0 unspecified atom stereocenters. The van der Waals surface area contributed by atoms with Gasteiger partial charge < -0.3 is 4.74 Å². The number of aryl methyl sites for hydroxylation is 3. The number of hydrogen-bond donors (Lipinski definition) is 0. The van der Waals surface area contributed by atoms with Gasteiger partial charge in [0, 0.05) is 39.3 Å². The first-order chi connectivity index (χ1) is 11.9. The number of hydrogen-bond acceptors (Lipinski definition) is 4. The summed E-state index contributed by atoms with van der Waals surface area (Å²) in [6.45, 7) is 10.3. The van der Waals surface area contributed by atoms with E-state index in [2.05, 4.69) is 4.90 Å². The first-order valence-electron chi connectivity index (χ1n) is 9.30. The third-order valence-electron chi connectivity index (χ3n) is 5.27. The maximum absolute atomic E-state index is 13.1. The normalized spacial score (nSPS) is 23.7. The molecule has 140 valence electrons. The molecule has 0 amide bonds. The molecule has 6 heteroatoms. The molecule has 2 saturated heterocycles. The molecule has 0 bridgehead atoms. The Hall–Kier alpha value is -0.950. The quantitative estimate of drug-likeness (QED) is 0.821. The molecule has 0 aromatic heterocycles. The van der Waals surface area contributed by atoms with Crippen LogP contribution in [0.3, 0.4) is 0 Å². The summed E-state index contributed by atoms with van der Waals surface area (Å²) in [5.74, 6) is 0. The number of nitrogens with zero attached hydrogens (tertiary/aromatic N) is 2. The van der Waals surface area contributed by atoms with Crippen LogP contribution in [0.25, 0.3) is 0 Å². The molecule has 1 atom stereocenters. The molecule has 2 fully saturated rings. The molecule has 2 aliphatic rings. The van der Waals surface area contributed by atoms with Gasteiger partial charge in [0.2, 0.25) is 10.0 Å². The highest BCUT2D eigenvalue weighted by Gasteiger charge is 2.31. The lowest BCUT2D eigenvalue weighted by Gasteiger charge is -2.36. The van der Waals surface area contributed by atoms with Gasteiger partial charge in [-0.25, -0.2) is 8.42 Å². The predicted octanol–water partition coefficient (Wildman–Crippen LogP) is 2.49. The van der Waals surface area contributed by atoms with Crippen molar-refractivity contribution in [3.8, 4) is 0 Å². The standard InChI is InChI=1S/C19H30N2O3S/c1-15-12-16(2)19(17(3)13-15)25(22,23)21-9-7-20(8-10-21)14-18-6-4-5-11-24-18/h12-13,18H,4-11,14H2,1-3H3/t18-/m1/s1. The van der Waals surface area contributed by atoms with E-state index >= 15 is 0 Å². The summed E-state index contributed by atoms with van der Waals surface area (Å²) in [4.78, 5) is 2.83. The van der Waals surface area contributed by atoms with Gasteiger partial charge in [0.1, 0.15) is 0 Å². The topological polar surface area (TPSA) is 49.9 Å². The first-order valence-corrected chi connectivity index (χ1v) is 10.7. The van der Waals surface area contributed by atoms with Crippen molar-refractivity contribution in [3.63, 3.8) is 0 Å².